The van der Waals surface area contributed by atoms with Gasteiger partial charge >= 0.3 is 0 Å². The zero-order valence-corrected chi connectivity index (χ0v) is 9.25. The van der Waals surface area contributed by atoms with Gasteiger partial charge in [0.05, 0.1) is 6.20 Å². The van der Waals surface area contributed by atoms with E-state index in [9.17, 15) is 0 Å². The Balaban J connectivity index is 2.80. The molecule has 0 aromatic carbocycles. The van der Waals surface area contributed by atoms with Gasteiger partial charge < -0.3 is 10.5 Å². The van der Waals surface area contributed by atoms with E-state index >= 15 is 0 Å². The minimum Gasteiger partial charge on any atom is -0.473 e. The quantitative estimate of drug-likeness (QED) is 0.785. The van der Waals surface area contributed by atoms with E-state index in [2.05, 4.69) is 23.8 Å². The molecule has 0 spiro atoms. The van der Waals surface area contributed by atoms with E-state index in [-0.39, 0.29) is 11.4 Å². The second kappa shape index (κ2) is 4.46. The fourth-order valence-corrected chi connectivity index (χ4v) is 0.887. The molecule has 0 amide bonds. The van der Waals surface area contributed by atoms with Crippen molar-refractivity contribution in [2.75, 3.05) is 5.73 Å². The van der Waals surface area contributed by atoms with Crippen LogP contribution in [0.4, 0.5) is 5.69 Å². The van der Waals surface area contributed by atoms with E-state index in [4.69, 9.17) is 22.1 Å². The lowest BCUT2D eigenvalue weighted by molar-refractivity contribution is 0.164. The summed E-state index contributed by atoms with van der Waals surface area (Å²) in [6.07, 6.45) is 1.49. The third-order valence-corrected chi connectivity index (χ3v) is 2.17. The minimum atomic E-state index is 0.0447. The first kappa shape index (κ1) is 11.0. The molecule has 1 atom stereocenters. The van der Waals surface area contributed by atoms with Gasteiger partial charge in [-0.3, -0.25) is 0 Å². The molecule has 0 bridgehead atoms. The third kappa shape index (κ3) is 2.73. The van der Waals surface area contributed by atoms with E-state index in [0.717, 1.165) is 0 Å². The predicted molar refractivity (Wildman–Crippen MR) is 56.4 cm³/mol. The SMILES string of the molecule is CC(C)C(C)Oc1nc(Cl)ncc1N. The number of nitrogens with two attached hydrogens (primary N) is 1. The highest BCUT2D eigenvalue weighted by atomic mass is 35.5. The van der Waals surface area contributed by atoms with Gasteiger partial charge in [0.15, 0.2) is 0 Å². The minimum absolute atomic E-state index is 0.0447. The topological polar surface area (TPSA) is 61.0 Å². The van der Waals surface area contributed by atoms with E-state index in [0.29, 0.717) is 17.5 Å². The third-order valence-electron chi connectivity index (χ3n) is 1.99. The van der Waals surface area contributed by atoms with Crippen LogP contribution in [-0.4, -0.2) is 16.1 Å². The molecule has 0 aliphatic heterocycles. The molecule has 5 heteroatoms. The van der Waals surface area contributed by atoms with E-state index < -0.39 is 0 Å². The van der Waals surface area contributed by atoms with Crippen molar-refractivity contribution < 1.29 is 4.74 Å². The molecule has 0 fully saturated rings. The van der Waals surface area contributed by atoms with Gasteiger partial charge in [0.25, 0.3) is 0 Å². The number of hydrogen-bond acceptors (Lipinski definition) is 4. The molecular weight excluding hydrogens is 202 g/mol. The summed E-state index contributed by atoms with van der Waals surface area (Å²) < 4.78 is 5.53. The van der Waals surface area contributed by atoms with Gasteiger partial charge in [0, 0.05) is 0 Å². The Morgan fingerprint density at radius 2 is 2.07 bits per heavy atom. The summed E-state index contributed by atoms with van der Waals surface area (Å²) in [7, 11) is 0. The molecule has 1 aromatic rings. The number of halogens is 1. The van der Waals surface area contributed by atoms with Crippen molar-refractivity contribution in [3.8, 4) is 5.88 Å². The lowest BCUT2D eigenvalue weighted by Gasteiger charge is -2.17. The summed E-state index contributed by atoms with van der Waals surface area (Å²) in [6.45, 7) is 6.08. The number of rotatable bonds is 3. The maximum absolute atomic E-state index is 5.63. The largest absolute Gasteiger partial charge is 0.473 e. The fraction of sp³-hybridized carbons (Fsp3) is 0.556. The van der Waals surface area contributed by atoms with E-state index in [1.165, 1.54) is 6.20 Å². The van der Waals surface area contributed by atoms with Crippen LogP contribution < -0.4 is 10.5 Å². The van der Waals surface area contributed by atoms with Crippen LogP contribution in [-0.2, 0) is 0 Å². The van der Waals surface area contributed by atoms with Crippen LogP contribution in [0.15, 0.2) is 6.20 Å². The normalized spacial score (nSPS) is 12.9. The number of nitrogen functional groups attached to an aromatic ring is 1. The second-order valence-corrected chi connectivity index (χ2v) is 3.80. The van der Waals surface area contributed by atoms with E-state index in [1.54, 1.807) is 0 Å². The molecule has 0 radical (unpaired) electrons. The van der Waals surface area contributed by atoms with Crippen LogP contribution in [0.5, 0.6) is 5.88 Å². The number of hydrogen-bond donors (Lipinski definition) is 1. The maximum Gasteiger partial charge on any atom is 0.241 e. The van der Waals surface area contributed by atoms with Crippen molar-refractivity contribution >= 4 is 17.3 Å². The van der Waals surface area contributed by atoms with Crippen LogP contribution in [0, 0.1) is 5.92 Å². The summed E-state index contributed by atoms with van der Waals surface area (Å²) in [5.41, 5.74) is 6.03. The Labute approximate surface area is 88.5 Å². The molecule has 0 aliphatic carbocycles. The first-order valence-corrected chi connectivity index (χ1v) is 4.83. The molecular formula is C9H14ClN3O. The number of ether oxygens (including phenoxy) is 1. The maximum atomic E-state index is 5.63. The van der Waals surface area contributed by atoms with Crippen molar-refractivity contribution in [2.24, 2.45) is 5.92 Å². The van der Waals surface area contributed by atoms with Crippen LogP contribution in [0.25, 0.3) is 0 Å². The van der Waals surface area contributed by atoms with Crippen LogP contribution >= 0.6 is 11.6 Å². The molecule has 0 aliphatic rings. The average molecular weight is 216 g/mol. The zero-order chi connectivity index (χ0) is 10.7. The van der Waals surface area contributed by atoms with Crippen LogP contribution in [0.1, 0.15) is 20.8 Å². The van der Waals surface area contributed by atoms with Gasteiger partial charge in [-0.25, -0.2) is 4.98 Å². The summed E-state index contributed by atoms with van der Waals surface area (Å²) in [5, 5.41) is 0.144. The lowest BCUT2D eigenvalue weighted by atomic mass is 10.1. The molecule has 2 N–H and O–H groups in total. The molecule has 1 rings (SSSR count). The smallest absolute Gasteiger partial charge is 0.241 e. The van der Waals surface area contributed by atoms with E-state index in [1.807, 2.05) is 6.92 Å². The first-order valence-electron chi connectivity index (χ1n) is 4.45. The Kier molecular flexibility index (Phi) is 3.52. The number of nitrogens with zero attached hydrogens (tertiary/aromatic N) is 2. The Morgan fingerprint density at radius 3 is 2.64 bits per heavy atom. The van der Waals surface area contributed by atoms with Gasteiger partial charge in [0.2, 0.25) is 11.2 Å². The highest BCUT2D eigenvalue weighted by Crippen LogP contribution is 2.21. The molecule has 14 heavy (non-hydrogen) atoms. The standard InChI is InChI=1S/C9H14ClN3O/c1-5(2)6(3)14-8-7(11)4-12-9(10)13-8/h4-6H,11H2,1-3H3. The fourth-order valence-electron chi connectivity index (χ4n) is 0.762. The predicted octanol–water partition coefficient (Wildman–Crippen LogP) is 2.14. The second-order valence-electron chi connectivity index (χ2n) is 3.47. The molecule has 0 saturated heterocycles. The van der Waals surface area contributed by atoms with Gasteiger partial charge in [0.1, 0.15) is 11.8 Å². The first-order chi connectivity index (χ1) is 6.50. The van der Waals surface area contributed by atoms with Gasteiger partial charge in [-0.15, -0.1) is 0 Å². The van der Waals surface area contributed by atoms with Crippen molar-refractivity contribution in [1.29, 1.82) is 0 Å². The average Bonchev–Trinajstić information content (AvgIpc) is 2.11. The lowest BCUT2D eigenvalue weighted by Crippen LogP contribution is -2.20. The monoisotopic (exact) mass is 215 g/mol. The molecule has 4 nitrogen and oxygen atoms in total. The summed E-state index contributed by atoms with van der Waals surface area (Å²) in [6, 6.07) is 0. The van der Waals surface area contributed by atoms with Crippen LogP contribution in [0.2, 0.25) is 5.28 Å². The van der Waals surface area contributed by atoms with Crippen molar-refractivity contribution in [3.63, 3.8) is 0 Å². The summed E-state index contributed by atoms with van der Waals surface area (Å²) >= 11 is 5.62. The van der Waals surface area contributed by atoms with Gasteiger partial charge in [-0.2, -0.15) is 4.98 Å². The summed E-state index contributed by atoms with van der Waals surface area (Å²) in [5.74, 6) is 0.745. The van der Waals surface area contributed by atoms with Crippen molar-refractivity contribution in [2.45, 2.75) is 26.9 Å². The van der Waals surface area contributed by atoms with Crippen molar-refractivity contribution in [3.05, 3.63) is 11.5 Å². The Morgan fingerprint density at radius 1 is 1.43 bits per heavy atom. The van der Waals surface area contributed by atoms with Crippen LogP contribution in [0.3, 0.4) is 0 Å². The Bertz CT molecular complexity index is 317. The van der Waals surface area contributed by atoms with Gasteiger partial charge in [-0.05, 0) is 24.4 Å². The highest BCUT2D eigenvalue weighted by molar-refractivity contribution is 6.28. The molecule has 78 valence electrons. The Hall–Kier alpha value is -1.03. The molecule has 1 unspecified atom stereocenters. The zero-order valence-electron chi connectivity index (χ0n) is 8.49. The van der Waals surface area contributed by atoms with Gasteiger partial charge in [-0.1, -0.05) is 13.8 Å². The van der Waals surface area contributed by atoms with Crippen molar-refractivity contribution in [1.82, 2.24) is 9.97 Å². The number of anilines is 1. The molecule has 1 aromatic heterocycles. The highest BCUT2D eigenvalue weighted by Gasteiger charge is 2.12. The molecule has 1 heterocycles. The number of aromatic nitrogens is 2. The summed E-state index contributed by atoms with van der Waals surface area (Å²) in [4.78, 5) is 7.64. The molecule has 0 saturated carbocycles.